The number of rotatable bonds is 2. The van der Waals surface area contributed by atoms with Crippen molar-refractivity contribution in [2.24, 2.45) is 0 Å². The Morgan fingerprint density at radius 3 is 2.59 bits per heavy atom. The van der Waals surface area contributed by atoms with Crippen molar-refractivity contribution in [2.45, 2.75) is 64.9 Å². The Kier molecular flexibility index (Phi) is 7.47. The molecule has 1 saturated heterocycles. The first-order chi connectivity index (χ1) is 19.8. The maximum atomic E-state index is 12.0. The van der Waals surface area contributed by atoms with E-state index in [-0.39, 0.29) is 12.0 Å². The zero-order chi connectivity index (χ0) is 28.6. The molecule has 2 aromatic carbocycles. The van der Waals surface area contributed by atoms with Gasteiger partial charge in [0.05, 0.1) is 35.5 Å². The fourth-order valence-corrected chi connectivity index (χ4v) is 6.21. The molecule has 0 unspecified atom stereocenters. The first kappa shape index (κ1) is 27.3. The van der Waals surface area contributed by atoms with E-state index in [4.69, 9.17) is 14.6 Å². The number of carboxylic acid groups (broad SMARTS) is 1. The van der Waals surface area contributed by atoms with Gasteiger partial charge in [-0.25, -0.2) is 4.52 Å². The van der Waals surface area contributed by atoms with Crippen molar-refractivity contribution in [3.8, 4) is 28.1 Å². The number of fused-ring (bicyclic) bond motifs is 8. The van der Waals surface area contributed by atoms with Crippen molar-refractivity contribution in [3.05, 3.63) is 71.4 Å². The molecule has 41 heavy (non-hydrogen) atoms. The molecule has 4 aromatic rings. The lowest BCUT2D eigenvalue weighted by atomic mass is 9.91. The van der Waals surface area contributed by atoms with Crippen molar-refractivity contribution in [1.29, 1.82) is 0 Å². The highest BCUT2D eigenvalue weighted by atomic mass is 16.5. The lowest BCUT2D eigenvalue weighted by Gasteiger charge is -2.41. The third kappa shape index (κ3) is 5.68. The molecular weight excluding hydrogens is 514 g/mol. The quantitative estimate of drug-likeness (QED) is 0.293. The summed E-state index contributed by atoms with van der Waals surface area (Å²) in [7, 11) is 0. The van der Waals surface area contributed by atoms with Crippen LogP contribution < -0.4 is 9.64 Å². The molecule has 7 heteroatoms. The van der Waals surface area contributed by atoms with Gasteiger partial charge in [-0.15, -0.1) is 0 Å². The molecule has 7 nitrogen and oxygen atoms in total. The topological polar surface area (TPSA) is 76.3 Å². The fourth-order valence-electron chi connectivity index (χ4n) is 6.21. The maximum Gasteiger partial charge on any atom is 0.307 e. The second-order valence-electron chi connectivity index (χ2n) is 11.8. The van der Waals surface area contributed by atoms with Crippen LogP contribution in [0.2, 0.25) is 0 Å². The van der Waals surface area contributed by atoms with Crippen LogP contribution in [0.15, 0.2) is 54.7 Å². The smallest absolute Gasteiger partial charge is 0.307 e. The molecule has 0 aliphatic carbocycles. The number of hydrogen-bond acceptors (Lipinski definition) is 5. The van der Waals surface area contributed by atoms with Gasteiger partial charge in [0.25, 0.3) is 0 Å². The predicted octanol–water partition coefficient (Wildman–Crippen LogP) is 6.85. The summed E-state index contributed by atoms with van der Waals surface area (Å²) in [6.07, 6.45) is 6.76. The van der Waals surface area contributed by atoms with Crippen LogP contribution >= 0.6 is 0 Å². The zero-order valence-corrected chi connectivity index (χ0v) is 24.3. The highest BCUT2D eigenvalue weighted by Crippen LogP contribution is 2.38. The summed E-state index contributed by atoms with van der Waals surface area (Å²) in [6, 6.07) is 16.9. The lowest BCUT2D eigenvalue weighted by molar-refractivity contribution is -0.136. The van der Waals surface area contributed by atoms with Gasteiger partial charge in [0.15, 0.2) is 0 Å². The number of pyridine rings is 1. The molecule has 3 aliphatic rings. The van der Waals surface area contributed by atoms with E-state index in [0.717, 1.165) is 102 Å². The van der Waals surface area contributed by atoms with Crippen LogP contribution in [0.1, 0.15) is 55.7 Å². The molecule has 7 rings (SSSR count). The number of carbonyl (C=O) groups is 1. The minimum Gasteiger partial charge on any atom is -0.493 e. The zero-order valence-electron chi connectivity index (χ0n) is 24.3. The van der Waals surface area contributed by atoms with E-state index in [1.54, 1.807) is 0 Å². The number of carboxylic acids is 1. The van der Waals surface area contributed by atoms with Crippen molar-refractivity contribution in [3.63, 3.8) is 0 Å². The van der Waals surface area contributed by atoms with Crippen LogP contribution in [0.5, 0.6) is 5.75 Å². The number of anilines is 1. The lowest BCUT2D eigenvalue weighted by Crippen LogP contribution is -2.45. The minimum absolute atomic E-state index is 0.0198. The van der Waals surface area contributed by atoms with E-state index >= 15 is 0 Å². The van der Waals surface area contributed by atoms with Crippen LogP contribution in [0.4, 0.5) is 5.69 Å². The molecule has 3 aliphatic heterocycles. The Bertz CT molecular complexity index is 1580. The minimum atomic E-state index is -0.825. The number of aliphatic carboxylic acids is 1. The molecule has 0 saturated carbocycles. The first-order valence-corrected chi connectivity index (χ1v) is 14.8. The summed E-state index contributed by atoms with van der Waals surface area (Å²) in [6.45, 7) is 9.34. The molecule has 0 atom stereocenters. The van der Waals surface area contributed by atoms with Gasteiger partial charge >= 0.3 is 5.97 Å². The SMILES string of the molecule is Cc1ccc2c(c1)-c1cccc(c1)-c1cc3c(c(CC(=O)O)c(C)cn3n1)N1CCC(C)(CC1)OCCCCCO2. The maximum absolute atomic E-state index is 12.0. The van der Waals surface area contributed by atoms with Crippen LogP contribution in [0.25, 0.3) is 27.9 Å². The first-order valence-electron chi connectivity index (χ1n) is 14.8. The summed E-state index contributed by atoms with van der Waals surface area (Å²) in [4.78, 5) is 14.3. The third-order valence-electron chi connectivity index (χ3n) is 8.62. The van der Waals surface area contributed by atoms with Gasteiger partial charge in [0, 0.05) is 37.0 Å². The van der Waals surface area contributed by atoms with Gasteiger partial charge in [-0.3, -0.25) is 4.79 Å². The van der Waals surface area contributed by atoms with Gasteiger partial charge in [-0.05, 0) is 93.8 Å². The number of benzene rings is 2. The van der Waals surface area contributed by atoms with Gasteiger partial charge < -0.3 is 19.5 Å². The highest BCUT2D eigenvalue weighted by molar-refractivity contribution is 5.86. The van der Waals surface area contributed by atoms with Crippen LogP contribution in [0, 0.1) is 13.8 Å². The molecule has 1 fully saturated rings. The summed E-state index contributed by atoms with van der Waals surface area (Å²) in [5, 5.41) is 14.8. The van der Waals surface area contributed by atoms with Crippen molar-refractivity contribution < 1.29 is 19.4 Å². The number of aromatic nitrogens is 2. The molecule has 0 spiro atoms. The monoisotopic (exact) mass is 553 g/mol. The number of hydrogen-bond donors (Lipinski definition) is 1. The fraction of sp³-hybridized carbons (Fsp3) is 0.412. The Morgan fingerprint density at radius 2 is 1.78 bits per heavy atom. The largest absolute Gasteiger partial charge is 0.493 e. The molecule has 5 heterocycles. The molecule has 0 radical (unpaired) electrons. The van der Waals surface area contributed by atoms with Crippen LogP contribution in [-0.4, -0.2) is 52.6 Å². The number of ether oxygens (including phenoxy) is 2. The Hall–Kier alpha value is -3.84. The van der Waals surface area contributed by atoms with Gasteiger partial charge in [0.1, 0.15) is 5.75 Å². The molecule has 0 amide bonds. The van der Waals surface area contributed by atoms with E-state index < -0.39 is 5.97 Å². The van der Waals surface area contributed by atoms with E-state index in [2.05, 4.69) is 67.3 Å². The second-order valence-corrected chi connectivity index (χ2v) is 11.8. The highest BCUT2D eigenvalue weighted by Gasteiger charge is 2.33. The van der Waals surface area contributed by atoms with Crippen molar-refractivity contribution in [2.75, 3.05) is 31.2 Å². The Morgan fingerprint density at radius 1 is 1.00 bits per heavy atom. The molecule has 214 valence electrons. The Balaban J connectivity index is 1.49. The summed E-state index contributed by atoms with van der Waals surface area (Å²) in [5.41, 5.74) is 8.74. The molecule has 2 aromatic heterocycles. The van der Waals surface area contributed by atoms with Crippen LogP contribution in [0.3, 0.4) is 0 Å². The molecular formula is C34H39N3O4. The summed E-state index contributed by atoms with van der Waals surface area (Å²) >= 11 is 0. The summed E-state index contributed by atoms with van der Waals surface area (Å²) in [5.74, 6) is 0.0659. The van der Waals surface area contributed by atoms with E-state index in [0.29, 0.717) is 6.61 Å². The van der Waals surface area contributed by atoms with Crippen LogP contribution in [-0.2, 0) is 16.0 Å². The molecule has 6 bridgehead atoms. The average molecular weight is 554 g/mol. The van der Waals surface area contributed by atoms with Gasteiger partial charge in [-0.1, -0.05) is 29.8 Å². The van der Waals surface area contributed by atoms with Crippen molar-refractivity contribution >= 4 is 17.2 Å². The van der Waals surface area contributed by atoms with E-state index in [1.807, 2.05) is 17.6 Å². The normalized spacial score (nSPS) is 17.3. The predicted molar refractivity (Wildman–Crippen MR) is 162 cm³/mol. The number of aryl methyl sites for hydroxylation is 2. The average Bonchev–Trinajstić information content (AvgIpc) is 3.37. The molecule has 1 N–H and O–H groups in total. The Labute approximate surface area is 241 Å². The van der Waals surface area contributed by atoms with E-state index in [1.165, 1.54) is 5.56 Å². The standard InChI is InChI=1S/C34H39N3O4/c1-23-10-11-31-28(18-23)25-8-7-9-26(19-25)29-21-30-33(27(20-32(38)39)24(2)22-37(30)35-29)36-14-12-34(3,13-15-36)41-17-6-4-5-16-40-31/h7-11,18-19,21-22H,4-6,12-17,20H2,1-3H3,(H,38,39). The second kappa shape index (κ2) is 11.2. The number of piperidine rings is 1. The number of nitrogens with zero attached hydrogens (tertiary/aromatic N) is 3. The van der Waals surface area contributed by atoms with Gasteiger partial charge in [0.2, 0.25) is 0 Å². The third-order valence-corrected chi connectivity index (χ3v) is 8.62. The summed E-state index contributed by atoms with van der Waals surface area (Å²) < 4.78 is 14.7. The van der Waals surface area contributed by atoms with E-state index in [9.17, 15) is 9.90 Å². The van der Waals surface area contributed by atoms with Gasteiger partial charge in [-0.2, -0.15) is 5.10 Å². The van der Waals surface area contributed by atoms with Crippen molar-refractivity contribution in [1.82, 2.24) is 9.61 Å².